The molecule has 3 rings (SSSR count). The normalized spacial score (nSPS) is 28.1. The van der Waals surface area contributed by atoms with Gasteiger partial charge >= 0.3 is 0 Å². The van der Waals surface area contributed by atoms with Gasteiger partial charge in [-0.3, -0.25) is 9.89 Å². The van der Waals surface area contributed by atoms with Gasteiger partial charge in [-0.15, -0.1) is 0 Å². The first-order chi connectivity index (χ1) is 11.7. The Balaban J connectivity index is 1.49. The summed E-state index contributed by atoms with van der Waals surface area (Å²) in [5.41, 5.74) is 0. The maximum Gasteiger partial charge on any atom is 0.248 e. The highest BCUT2D eigenvalue weighted by Gasteiger charge is 2.29. The number of aromatic nitrogens is 3. The van der Waals surface area contributed by atoms with Gasteiger partial charge in [-0.05, 0) is 18.8 Å². The molecule has 134 valence electrons. The molecule has 24 heavy (non-hydrogen) atoms. The van der Waals surface area contributed by atoms with Crippen molar-refractivity contribution in [3.05, 3.63) is 11.6 Å². The molecule has 1 amide bonds. The molecule has 0 aromatic carbocycles. The van der Waals surface area contributed by atoms with E-state index in [9.17, 15) is 4.79 Å². The Morgan fingerprint density at radius 2 is 2.33 bits per heavy atom. The standard InChI is InChI=1S/C17H28N4O3/c1-3-15-18-17(20-19-15)14-10-21(7-8-23-14)16(22)11-24-13-6-4-5-12(2)9-13/h12-14H,3-11H2,1-2H3,(H,18,19,20)/t12-,13-,14-/m0/s1. The number of nitrogens with zero attached hydrogens (tertiary/aromatic N) is 3. The third kappa shape index (κ3) is 4.33. The van der Waals surface area contributed by atoms with Crippen molar-refractivity contribution in [1.29, 1.82) is 0 Å². The first-order valence-corrected chi connectivity index (χ1v) is 9.07. The fraction of sp³-hybridized carbons (Fsp3) is 0.824. The van der Waals surface area contributed by atoms with Gasteiger partial charge in [-0.2, -0.15) is 5.10 Å². The summed E-state index contributed by atoms with van der Waals surface area (Å²) < 4.78 is 11.6. The van der Waals surface area contributed by atoms with E-state index in [-0.39, 0.29) is 24.7 Å². The zero-order valence-corrected chi connectivity index (χ0v) is 14.7. The summed E-state index contributed by atoms with van der Waals surface area (Å²) in [4.78, 5) is 18.7. The monoisotopic (exact) mass is 336 g/mol. The van der Waals surface area contributed by atoms with Crippen molar-refractivity contribution < 1.29 is 14.3 Å². The van der Waals surface area contributed by atoms with Crippen LogP contribution in [0, 0.1) is 5.92 Å². The van der Waals surface area contributed by atoms with Crippen molar-refractivity contribution in [2.24, 2.45) is 5.92 Å². The Hall–Kier alpha value is -1.47. The number of ether oxygens (including phenoxy) is 2. The van der Waals surface area contributed by atoms with Crippen LogP contribution in [0.3, 0.4) is 0 Å². The molecule has 1 aliphatic carbocycles. The van der Waals surface area contributed by atoms with E-state index >= 15 is 0 Å². The number of hydrogen-bond acceptors (Lipinski definition) is 5. The van der Waals surface area contributed by atoms with E-state index in [4.69, 9.17) is 9.47 Å². The molecule has 0 spiro atoms. The quantitative estimate of drug-likeness (QED) is 0.888. The highest BCUT2D eigenvalue weighted by molar-refractivity contribution is 5.77. The number of rotatable bonds is 5. The van der Waals surface area contributed by atoms with Crippen LogP contribution in [0.15, 0.2) is 0 Å². The molecule has 7 heteroatoms. The van der Waals surface area contributed by atoms with Crippen molar-refractivity contribution in [1.82, 2.24) is 20.1 Å². The lowest BCUT2D eigenvalue weighted by atomic mass is 9.89. The lowest BCUT2D eigenvalue weighted by Gasteiger charge is -2.32. The van der Waals surface area contributed by atoms with Crippen molar-refractivity contribution in [2.75, 3.05) is 26.3 Å². The van der Waals surface area contributed by atoms with E-state index in [1.54, 1.807) is 0 Å². The second kappa shape index (κ2) is 8.07. The minimum absolute atomic E-state index is 0.0350. The maximum absolute atomic E-state index is 12.5. The summed E-state index contributed by atoms with van der Waals surface area (Å²) in [6.07, 6.45) is 5.38. The molecule has 0 unspecified atom stereocenters. The van der Waals surface area contributed by atoms with Crippen molar-refractivity contribution in [3.8, 4) is 0 Å². The maximum atomic E-state index is 12.5. The molecule has 2 heterocycles. The lowest BCUT2D eigenvalue weighted by molar-refractivity contribution is -0.147. The average molecular weight is 336 g/mol. The van der Waals surface area contributed by atoms with Gasteiger partial charge in [0.2, 0.25) is 5.91 Å². The molecule has 0 radical (unpaired) electrons. The first-order valence-electron chi connectivity index (χ1n) is 9.07. The van der Waals surface area contributed by atoms with E-state index in [0.717, 1.165) is 25.1 Å². The second-order valence-corrected chi connectivity index (χ2v) is 6.90. The van der Waals surface area contributed by atoms with Crippen molar-refractivity contribution >= 4 is 5.91 Å². The number of morpholine rings is 1. The zero-order valence-electron chi connectivity index (χ0n) is 14.7. The molecule has 1 saturated carbocycles. The smallest absolute Gasteiger partial charge is 0.248 e. The molecule has 2 fully saturated rings. The average Bonchev–Trinajstić information content (AvgIpc) is 3.09. The van der Waals surface area contributed by atoms with Crippen molar-refractivity contribution in [3.63, 3.8) is 0 Å². The van der Waals surface area contributed by atoms with Crippen LogP contribution < -0.4 is 0 Å². The van der Waals surface area contributed by atoms with Crippen LogP contribution in [0.5, 0.6) is 0 Å². The molecule has 1 aliphatic heterocycles. The third-order valence-corrected chi connectivity index (χ3v) is 4.92. The predicted octanol–water partition coefficient (Wildman–Crippen LogP) is 1.86. The van der Waals surface area contributed by atoms with E-state index in [1.165, 1.54) is 12.8 Å². The number of aryl methyl sites for hydroxylation is 1. The fourth-order valence-corrected chi connectivity index (χ4v) is 3.45. The minimum atomic E-state index is -0.256. The number of carbonyl (C=O) groups excluding carboxylic acids is 1. The van der Waals surface area contributed by atoms with Crippen LogP contribution in [0.25, 0.3) is 0 Å². The van der Waals surface area contributed by atoms with Crippen LogP contribution in [-0.2, 0) is 20.7 Å². The Bertz CT molecular complexity index is 548. The molecular weight excluding hydrogens is 308 g/mol. The second-order valence-electron chi connectivity index (χ2n) is 6.90. The van der Waals surface area contributed by atoms with Gasteiger partial charge in [0.1, 0.15) is 18.5 Å². The number of amides is 1. The summed E-state index contributed by atoms with van der Waals surface area (Å²) >= 11 is 0. The van der Waals surface area contributed by atoms with Gasteiger partial charge in [0.25, 0.3) is 0 Å². The number of aromatic amines is 1. The van der Waals surface area contributed by atoms with Crippen molar-refractivity contribution in [2.45, 2.75) is 58.2 Å². The molecule has 1 saturated heterocycles. The van der Waals surface area contributed by atoms with Gasteiger partial charge < -0.3 is 14.4 Å². The summed E-state index contributed by atoms with van der Waals surface area (Å²) in [6.45, 7) is 6.04. The minimum Gasteiger partial charge on any atom is -0.368 e. The summed E-state index contributed by atoms with van der Waals surface area (Å²) in [7, 11) is 0. The van der Waals surface area contributed by atoms with E-state index in [1.807, 2.05) is 11.8 Å². The Labute approximate surface area is 143 Å². The number of H-pyrrole nitrogens is 1. The molecular formula is C17H28N4O3. The van der Waals surface area contributed by atoms with Crippen LogP contribution in [0.4, 0.5) is 0 Å². The summed E-state index contributed by atoms with van der Waals surface area (Å²) in [5, 5.41) is 7.10. The lowest BCUT2D eigenvalue weighted by Crippen LogP contribution is -2.44. The number of nitrogens with one attached hydrogen (secondary N) is 1. The highest BCUT2D eigenvalue weighted by Crippen LogP contribution is 2.26. The molecule has 3 atom stereocenters. The molecule has 1 aromatic heterocycles. The van der Waals surface area contributed by atoms with Crippen LogP contribution in [-0.4, -0.2) is 58.4 Å². The van der Waals surface area contributed by atoms with E-state index in [2.05, 4.69) is 22.1 Å². The Morgan fingerprint density at radius 3 is 3.08 bits per heavy atom. The van der Waals surface area contributed by atoms with Gasteiger partial charge in [-0.25, -0.2) is 4.98 Å². The van der Waals surface area contributed by atoms with Crippen LogP contribution >= 0.6 is 0 Å². The molecule has 2 aliphatic rings. The van der Waals surface area contributed by atoms with Gasteiger partial charge in [0.05, 0.1) is 19.3 Å². The molecule has 1 aromatic rings. The summed E-state index contributed by atoms with van der Waals surface area (Å²) in [5.74, 6) is 2.20. The van der Waals surface area contributed by atoms with Gasteiger partial charge in [0, 0.05) is 13.0 Å². The Kier molecular flexibility index (Phi) is 5.84. The van der Waals surface area contributed by atoms with Crippen LogP contribution in [0.2, 0.25) is 0 Å². The summed E-state index contributed by atoms with van der Waals surface area (Å²) in [6, 6.07) is 0. The third-order valence-electron chi connectivity index (χ3n) is 4.92. The van der Waals surface area contributed by atoms with Gasteiger partial charge in [-0.1, -0.05) is 26.7 Å². The first kappa shape index (κ1) is 17.4. The number of carbonyl (C=O) groups is 1. The van der Waals surface area contributed by atoms with Crippen LogP contribution in [0.1, 0.15) is 57.3 Å². The fourth-order valence-electron chi connectivity index (χ4n) is 3.45. The van der Waals surface area contributed by atoms with Gasteiger partial charge in [0.15, 0.2) is 5.82 Å². The Morgan fingerprint density at radius 1 is 1.46 bits per heavy atom. The molecule has 0 bridgehead atoms. The SMILES string of the molecule is CCc1nc([C@@H]2CN(C(=O)CO[C@H]3CCC[C@H](C)C3)CCO2)n[nH]1. The molecule has 1 N–H and O–H groups in total. The topological polar surface area (TPSA) is 80.3 Å². The number of hydrogen-bond donors (Lipinski definition) is 1. The predicted molar refractivity (Wildman–Crippen MR) is 88.4 cm³/mol. The molecule has 7 nitrogen and oxygen atoms in total. The van der Waals surface area contributed by atoms with E-state index < -0.39 is 0 Å². The zero-order chi connectivity index (χ0) is 16.9. The highest BCUT2D eigenvalue weighted by atomic mass is 16.5. The van der Waals surface area contributed by atoms with E-state index in [0.29, 0.717) is 31.4 Å². The largest absolute Gasteiger partial charge is 0.368 e.